The Morgan fingerprint density at radius 2 is 2.64 bits per heavy atom. The minimum absolute atomic E-state index is 0.0874. The minimum Gasteiger partial charge on any atom is -0.316 e. The molecule has 0 spiro atoms. The van der Waals surface area contributed by atoms with E-state index in [0.717, 1.165) is 25.2 Å². The van der Waals surface area contributed by atoms with E-state index in [0.29, 0.717) is 5.13 Å². The summed E-state index contributed by atoms with van der Waals surface area (Å²) >= 11 is 1.47. The number of hydrogen-bond donors (Lipinski definition) is 2. The Kier molecular flexibility index (Phi) is 2.79. The number of amides is 1. The summed E-state index contributed by atoms with van der Waals surface area (Å²) in [6.07, 6.45) is 0.927. The molecule has 0 saturated carbocycles. The van der Waals surface area contributed by atoms with Crippen molar-refractivity contribution < 1.29 is 4.79 Å². The maximum atomic E-state index is 11.6. The Balaban J connectivity index is 1.93. The molecule has 1 unspecified atom stereocenters. The van der Waals surface area contributed by atoms with Crippen molar-refractivity contribution in [1.29, 1.82) is 0 Å². The van der Waals surface area contributed by atoms with E-state index in [4.69, 9.17) is 0 Å². The van der Waals surface area contributed by atoms with Gasteiger partial charge in [0.05, 0.1) is 11.6 Å². The van der Waals surface area contributed by atoms with Gasteiger partial charge in [0.15, 0.2) is 5.13 Å². The maximum Gasteiger partial charge on any atom is 0.230 e. The Hall–Kier alpha value is -0.940. The van der Waals surface area contributed by atoms with Crippen LogP contribution in [-0.2, 0) is 4.79 Å². The number of aryl methyl sites for hydroxylation is 1. The number of carbonyl (C=O) groups is 1. The molecule has 0 aromatic carbocycles. The van der Waals surface area contributed by atoms with Gasteiger partial charge in [-0.25, -0.2) is 4.98 Å². The van der Waals surface area contributed by atoms with Crippen LogP contribution in [0.2, 0.25) is 0 Å². The molecule has 2 heterocycles. The molecule has 1 amide bonds. The second-order valence-corrected chi connectivity index (χ2v) is 4.33. The van der Waals surface area contributed by atoms with Crippen LogP contribution in [0, 0.1) is 12.8 Å². The lowest BCUT2D eigenvalue weighted by Gasteiger charge is -2.06. The first-order chi connectivity index (χ1) is 6.75. The zero-order chi connectivity index (χ0) is 9.97. The highest BCUT2D eigenvalue weighted by Crippen LogP contribution is 2.17. The Labute approximate surface area is 86.7 Å². The Morgan fingerprint density at radius 1 is 1.79 bits per heavy atom. The molecule has 2 N–H and O–H groups in total. The smallest absolute Gasteiger partial charge is 0.230 e. The molecule has 0 radical (unpaired) electrons. The third-order valence-corrected chi connectivity index (χ3v) is 3.16. The number of nitrogens with one attached hydrogen (secondary N) is 2. The molecule has 14 heavy (non-hydrogen) atoms. The lowest BCUT2D eigenvalue weighted by atomic mass is 10.1. The van der Waals surface area contributed by atoms with Gasteiger partial charge in [0.1, 0.15) is 0 Å². The van der Waals surface area contributed by atoms with E-state index in [-0.39, 0.29) is 11.8 Å². The summed E-state index contributed by atoms with van der Waals surface area (Å²) in [6.45, 7) is 3.65. The van der Waals surface area contributed by atoms with Gasteiger partial charge in [-0.15, -0.1) is 11.3 Å². The van der Waals surface area contributed by atoms with Crippen molar-refractivity contribution in [2.24, 2.45) is 5.92 Å². The van der Waals surface area contributed by atoms with E-state index in [1.54, 1.807) is 0 Å². The summed E-state index contributed by atoms with van der Waals surface area (Å²) in [7, 11) is 0. The molecular formula is C9H13N3OS. The normalized spacial score (nSPS) is 21.1. The van der Waals surface area contributed by atoms with Gasteiger partial charge in [0.25, 0.3) is 0 Å². The molecule has 0 bridgehead atoms. The number of nitrogens with zero attached hydrogens (tertiary/aromatic N) is 1. The Bertz CT molecular complexity index is 331. The van der Waals surface area contributed by atoms with Gasteiger partial charge in [-0.1, -0.05) is 0 Å². The number of rotatable bonds is 2. The average molecular weight is 211 g/mol. The van der Waals surface area contributed by atoms with E-state index in [2.05, 4.69) is 15.6 Å². The SMILES string of the molecule is Cc1csc(NC(=O)C2CCNC2)n1. The van der Waals surface area contributed by atoms with Gasteiger partial charge in [-0.2, -0.15) is 0 Å². The summed E-state index contributed by atoms with van der Waals surface area (Å²) in [4.78, 5) is 15.8. The molecule has 1 fully saturated rings. The topological polar surface area (TPSA) is 54.0 Å². The van der Waals surface area contributed by atoms with Gasteiger partial charge in [0, 0.05) is 11.9 Å². The molecular weight excluding hydrogens is 198 g/mol. The van der Waals surface area contributed by atoms with Crippen LogP contribution in [0.4, 0.5) is 5.13 Å². The fraction of sp³-hybridized carbons (Fsp3) is 0.556. The summed E-state index contributed by atoms with van der Waals surface area (Å²) in [6, 6.07) is 0. The first kappa shape index (κ1) is 9.61. The molecule has 5 heteroatoms. The summed E-state index contributed by atoms with van der Waals surface area (Å²) in [5.74, 6) is 0.198. The largest absolute Gasteiger partial charge is 0.316 e. The lowest BCUT2D eigenvalue weighted by molar-refractivity contribution is -0.119. The van der Waals surface area contributed by atoms with Crippen LogP contribution in [-0.4, -0.2) is 24.0 Å². The van der Waals surface area contributed by atoms with E-state index >= 15 is 0 Å². The minimum atomic E-state index is 0.0874. The van der Waals surface area contributed by atoms with Crippen molar-refractivity contribution >= 4 is 22.4 Å². The monoisotopic (exact) mass is 211 g/mol. The van der Waals surface area contributed by atoms with Crippen molar-refractivity contribution in [3.8, 4) is 0 Å². The predicted octanol–water partition coefficient (Wildman–Crippen LogP) is 1.000. The van der Waals surface area contributed by atoms with E-state index in [9.17, 15) is 4.79 Å². The zero-order valence-electron chi connectivity index (χ0n) is 8.04. The molecule has 1 aromatic rings. The zero-order valence-corrected chi connectivity index (χ0v) is 8.86. The van der Waals surface area contributed by atoms with Crippen molar-refractivity contribution in [2.75, 3.05) is 18.4 Å². The highest BCUT2D eigenvalue weighted by molar-refractivity contribution is 7.13. The van der Waals surface area contributed by atoms with Crippen LogP contribution in [0.25, 0.3) is 0 Å². The summed E-state index contributed by atoms with van der Waals surface area (Å²) in [5, 5.41) is 8.64. The van der Waals surface area contributed by atoms with Crippen LogP contribution in [0.3, 0.4) is 0 Å². The first-order valence-electron chi connectivity index (χ1n) is 4.69. The van der Waals surface area contributed by atoms with Gasteiger partial charge >= 0.3 is 0 Å². The quantitative estimate of drug-likeness (QED) is 0.767. The van der Waals surface area contributed by atoms with Gasteiger partial charge in [-0.05, 0) is 19.9 Å². The number of aromatic nitrogens is 1. The second-order valence-electron chi connectivity index (χ2n) is 3.47. The number of carbonyl (C=O) groups excluding carboxylic acids is 1. The molecule has 1 aliphatic heterocycles. The molecule has 76 valence electrons. The van der Waals surface area contributed by atoms with E-state index < -0.39 is 0 Å². The summed E-state index contributed by atoms with van der Waals surface area (Å²) in [5.41, 5.74) is 0.954. The third kappa shape index (κ3) is 2.10. The van der Waals surface area contributed by atoms with Gasteiger partial charge in [0.2, 0.25) is 5.91 Å². The number of anilines is 1. The molecule has 0 aliphatic carbocycles. The van der Waals surface area contributed by atoms with Crippen molar-refractivity contribution in [3.05, 3.63) is 11.1 Å². The van der Waals surface area contributed by atoms with Crippen LogP contribution in [0.5, 0.6) is 0 Å². The van der Waals surface area contributed by atoms with E-state index in [1.165, 1.54) is 11.3 Å². The lowest BCUT2D eigenvalue weighted by Crippen LogP contribution is -2.24. The second kappa shape index (κ2) is 4.06. The molecule has 1 aromatic heterocycles. The fourth-order valence-corrected chi connectivity index (χ4v) is 2.19. The van der Waals surface area contributed by atoms with Gasteiger partial charge in [-0.3, -0.25) is 4.79 Å². The van der Waals surface area contributed by atoms with E-state index in [1.807, 2.05) is 12.3 Å². The highest BCUT2D eigenvalue weighted by Gasteiger charge is 2.22. The Morgan fingerprint density at radius 3 is 3.21 bits per heavy atom. The standard InChI is InChI=1S/C9H13N3OS/c1-6-5-14-9(11-6)12-8(13)7-2-3-10-4-7/h5,7,10H,2-4H2,1H3,(H,11,12,13). The first-order valence-corrected chi connectivity index (χ1v) is 5.57. The van der Waals surface area contributed by atoms with Crippen molar-refractivity contribution in [1.82, 2.24) is 10.3 Å². The molecule has 1 aliphatic rings. The summed E-state index contributed by atoms with van der Waals surface area (Å²) < 4.78 is 0. The molecule has 1 saturated heterocycles. The van der Waals surface area contributed by atoms with Crippen molar-refractivity contribution in [3.63, 3.8) is 0 Å². The van der Waals surface area contributed by atoms with Crippen molar-refractivity contribution in [2.45, 2.75) is 13.3 Å². The molecule has 2 rings (SSSR count). The number of thiazole rings is 1. The average Bonchev–Trinajstić information content (AvgIpc) is 2.75. The van der Waals surface area contributed by atoms with Gasteiger partial charge < -0.3 is 10.6 Å². The molecule has 1 atom stereocenters. The van der Waals surface area contributed by atoms with Crippen LogP contribution in [0.15, 0.2) is 5.38 Å². The van der Waals surface area contributed by atoms with Crippen LogP contribution in [0.1, 0.15) is 12.1 Å². The fourth-order valence-electron chi connectivity index (χ4n) is 1.50. The highest BCUT2D eigenvalue weighted by atomic mass is 32.1. The van der Waals surface area contributed by atoms with Crippen LogP contribution >= 0.6 is 11.3 Å². The van der Waals surface area contributed by atoms with Crippen LogP contribution < -0.4 is 10.6 Å². The predicted molar refractivity (Wildman–Crippen MR) is 56.5 cm³/mol. The third-order valence-electron chi connectivity index (χ3n) is 2.28. The number of hydrogen-bond acceptors (Lipinski definition) is 4. The molecule has 4 nitrogen and oxygen atoms in total. The maximum absolute atomic E-state index is 11.6.